The third-order valence-corrected chi connectivity index (χ3v) is 6.91. The standard InChI is InChI=1S/C30H29NO3/c1-21-17-22(2)28-26(18-21)27(32)20-30(34-28)13-15-31(16-14-30)29(33)25(24-11-7-4-8-12-24)19-23-9-5-3-6-10-23/h3-12,17-19H,13-16,20H2,1-2H3/b25-19-. The molecule has 0 atom stereocenters. The molecule has 1 amide bonds. The van der Waals surface area contributed by atoms with Crippen molar-refractivity contribution in [2.75, 3.05) is 13.1 Å². The van der Waals surface area contributed by atoms with Gasteiger partial charge in [-0.2, -0.15) is 0 Å². The molecule has 0 aromatic heterocycles. The summed E-state index contributed by atoms with van der Waals surface area (Å²) in [4.78, 5) is 28.6. The van der Waals surface area contributed by atoms with Crippen molar-refractivity contribution >= 4 is 23.3 Å². The molecule has 2 heterocycles. The molecule has 1 fully saturated rings. The van der Waals surface area contributed by atoms with Gasteiger partial charge in [-0.05, 0) is 48.2 Å². The first-order valence-corrected chi connectivity index (χ1v) is 11.9. The molecule has 0 aliphatic carbocycles. The second-order valence-corrected chi connectivity index (χ2v) is 9.47. The van der Waals surface area contributed by atoms with Crippen molar-refractivity contribution in [3.63, 3.8) is 0 Å². The molecule has 0 saturated carbocycles. The number of likely N-dealkylation sites (tertiary alicyclic amines) is 1. The molecule has 4 nitrogen and oxygen atoms in total. The lowest BCUT2D eigenvalue weighted by Crippen LogP contribution is -2.52. The van der Waals surface area contributed by atoms with Gasteiger partial charge in [-0.3, -0.25) is 9.59 Å². The van der Waals surface area contributed by atoms with E-state index in [2.05, 4.69) is 6.07 Å². The summed E-state index contributed by atoms with van der Waals surface area (Å²) in [6, 6.07) is 23.7. The zero-order valence-corrected chi connectivity index (χ0v) is 19.7. The van der Waals surface area contributed by atoms with Crippen LogP contribution in [0.25, 0.3) is 11.6 Å². The van der Waals surface area contributed by atoms with Gasteiger partial charge in [-0.25, -0.2) is 0 Å². The Hall–Kier alpha value is -3.66. The summed E-state index contributed by atoms with van der Waals surface area (Å²) in [5.41, 5.74) is 4.81. The number of benzene rings is 3. The summed E-state index contributed by atoms with van der Waals surface area (Å²) < 4.78 is 6.51. The fourth-order valence-corrected chi connectivity index (χ4v) is 5.11. The average molecular weight is 452 g/mol. The fraction of sp³-hybridized carbons (Fsp3) is 0.267. The molecule has 1 spiro atoms. The van der Waals surface area contributed by atoms with Crippen molar-refractivity contribution in [3.8, 4) is 5.75 Å². The molecule has 0 unspecified atom stereocenters. The van der Waals surface area contributed by atoms with Crippen molar-refractivity contribution < 1.29 is 14.3 Å². The highest BCUT2D eigenvalue weighted by molar-refractivity contribution is 6.24. The van der Waals surface area contributed by atoms with Crippen LogP contribution in [0, 0.1) is 13.8 Å². The number of Topliss-reactive ketones (excluding diaryl/α,β-unsaturated/α-hetero) is 1. The topological polar surface area (TPSA) is 46.6 Å². The molecule has 4 heteroatoms. The predicted octanol–water partition coefficient (Wildman–Crippen LogP) is 5.87. The Labute approximate surface area is 200 Å². The van der Waals surface area contributed by atoms with E-state index in [1.165, 1.54) is 0 Å². The summed E-state index contributed by atoms with van der Waals surface area (Å²) in [5.74, 6) is 0.872. The molecular weight excluding hydrogens is 422 g/mol. The minimum absolute atomic E-state index is 0.0132. The van der Waals surface area contributed by atoms with Gasteiger partial charge in [0.2, 0.25) is 0 Å². The van der Waals surface area contributed by atoms with Gasteiger partial charge in [0.1, 0.15) is 11.4 Å². The van der Waals surface area contributed by atoms with E-state index in [1.54, 1.807) is 0 Å². The molecule has 0 radical (unpaired) electrons. The highest BCUT2D eigenvalue weighted by Crippen LogP contribution is 2.41. The Morgan fingerprint density at radius 2 is 1.59 bits per heavy atom. The second-order valence-electron chi connectivity index (χ2n) is 9.47. The molecule has 1 saturated heterocycles. The molecule has 5 rings (SSSR count). The zero-order valence-electron chi connectivity index (χ0n) is 19.7. The Kier molecular flexibility index (Phi) is 5.82. The zero-order chi connectivity index (χ0) is 23.7. The number of nitrogens with zero attached hydrogens (tertiary/aromatic N) is 1. The van der Waals surface area contributed by atoms with Gasteiger partial charge in [-0.15, -0.1) is 0 Å². The lowest BCUT2D eigenvalue weighted by Gasteiger charge is -2.44. The lowest BCUT2D eigenvalue weighted by atomic mass is 9.81. The molecule has 0 bridgehead atoms. The van der Waals surface area contributed by atoms with Crippen molar-refractivity contribution in [2.45, 2.75) is 38.7 Å². The Morgan fingerprint density at radius 3 is 2.26 bits per heavy atom. The van der Waals surface area contributed by atoms with E-state index < -0.39 is 5.60 Å². The monoisotopic (exact) mass is 451 g/mol. The minimum atomic E-state index is -0.531. The summed E-state index contributed by atoms with van der Waals surface area (Å²) >= 11 is 0. The summed E-state index contributed by atoms with van der Waals surface area (Å²) in [5, 5.41) is 0. The van der Waals surface area contributed by atoms with Gasteiger partial charge in [0.25, 0.3) is 5.91 Å². The van der Waals surface area contributed by atoms with Crippen LogP contribution in [0.5, 0.6) is 5.75 Å². The second kappa shape index (κ2) is 8.94. The molecular formula is C30H29NO3. The molecule has 3 aromatic carbocycles. The number of piperidine rings is 1. The quantitative estimate of drug-likeness (QED) is 0.370. The SMILES string of the molecule is Cc1cc(C)c2c(c1)C(=O)CC1(CCN(C(=O)/C(=C\c3ccccc3)c3ccccc3)CC1)O2. The number of ketones is 1. The van der Waals surface area contributed by atoms with Gasteiger partial charge in [-0.1, -0.05) is 66.7 Å². The van der Waals surface area contributed by atoms with Gasteiger partial charge >= 0.3 is 0 Å². The number of ether oxygens (including phenoxy) is 1. The highest BCUT2D eigenvalue weighted by atomic mass is 16.5. The fourth-order valence-electron chi connectivity index (χ4n) is 5.11. The maximum atomic E-state index is 13.7. The van der Waals surface area contributed by atoms with E-state index in [4.69, 9.17) is 4.74 Å². The molecule has 34 heavy (non-hydrogen) atoms. The van der Waals surface area contributed by atoms with Gasteiger partial charge in [0, 0.05) is 31.5 Å². The number of carbonyl (C=O) groups excluding carboxylic acids is 2. The summed E-state index contributed by atoms with van der Waals surface area (Å²) in [6.45, 7) is 5.12. The van der Waals surface area contributed by atoms with E-state index in [-0.39, 0.29) is 11.7 Å². The number of fused-ring (bicyclic) bond motifs is 1. The Morgan fingerprint density at radius 1 is 0.941 bits per heavy atom. The molecule has 2 aliphatic heterocycles. The molecule has 2 aliphatic rings. The van der Waals surface area contributed by atoms with Crippen LogP contribution in [-0.4, -0.2) is 35.3 Å². The van der Waals surface area contributed by atoms with Crippen LogP contribution in [0.1, 0.15) is 51.9 Å². The van der Waals surface area contributed by atoms with Crippen molar-refractivity contribution in [1.82, 2.24) is 4.90 Å². The predicted molar refractivity (Wildman–Crippen MR) is 135 cm³/mol. The van der Waals surface area contributed by atoms with Crippen LogP contribution in [0.4, 0.5) is 0 Å². The maximum absolute atomic E-state index is 13.7. The van der Waals surface area contributed by atoms with Crippen LogP contribution in [0.3, 0.4) is 0 Å². The van der Waals surface area contributed by atoms with Crippen molar-refractivity contribution in [3.05, 3.63) is 101 Å². The summed E-state index contributed by atoms with van der Waals surface area (Å²) in [7, 11) is 0. The normalized spacial score (nSPS) is 17.3. The number of hydrogen-bond acceptors (Lipinski definition) is 3. The third kappa shape index (κ3) is 4.28. The number of hydrogen-bond donors (Lipinski definition) is 0. The van der Waals surface area contributed by atoms with Gasteiger partial charge in [0.15, 0.2) is 5.78 Å². The largest absolute Gasteiger partial charge is 0.486 e. The van der Waals surface area contributed by atoms with E-state index in [9.17, 15) is 9.59 Å². The molecule has 0 N–H and O–H groups in total. The smallest absolute Gasteiger partial charge is 0.254 e. The van der Waals surface area contributed by atoms with Crippen LogP contribution in [0.2, 0.25) is 0 Å². The van der Waals surface area contributed by atoms with Gasteiger partial charge < -0.3 is 9.64 Å². The first kappa shape index (κ1) is 22.1. The van der Waals surface area contributed by atoms with E-state index in [0.717, 1.165) is 28.0 Å². The van der Waals surface area contributed by atoms with Crippen LogP contribution in [-0.2, 0) is 4.79 Å². The number of carbonyl (C=O) groups is 2. The highest BCUT2D eigenvalue weighted by Gasteiger charge is 2.44. The van der Waals surface area contributed by atoms with Crippen LogP contribution in [0.15, 0.2) is 72.8 Å². The molecule has 172 valence electrons. The number of aryl methyl sites for hydroxylation is 2. The van der Waals surface area contributed by atoms with Crippen molar-refractivity contribution in [1.29, 1.82) is 0 Å². The maximum Gasteiger partial charge on any atom is 0.254 e. The first-order valence-electron chi connectivity index (χ1n) is 11.9. The van der Waals surface area contributed by atoms with E-state index in [1.807, 2.05) is 91.6 Å². The van der Waals surface area contributed by atoms with Crippen molar-refractivity contribution in [2.24, 2.45) is 0 Å². The van der Waals surface area contributed by atoms with Gasteiger partial charge in [0.05, 0.1) is 12.0 Å². The van der Waals surface area contributed by atoms with Crippen LogP contribution < -0.4 is 4.74 Å². The number of rotatable bonds is 3. The Balaban J connectivity index is 1.38. The first-order chi connectivity index (χ1) is 16.4. The average Bonchev–Trinajstić information content (AvgIpc) is 2.85. The molecule has 3 aromatic rings. The van der Waals surface area contributed by atoms with Crippen LogP contribution >= 0.6 is 0 Å². The van der Waals surface area contributed by atoms with E-state index >= 15 is 0 Å². The van der Waals surface area contributed by atoms with E-state index in [0.29, 0.717) is 43.5 Å². The third-order valence-electron chi connectivity index (χ3n) is 6.91. The Bertz CT molecular complexity index is 1250. The lowest BCUT2D eigenvalue weighted by molar-refractivity contribution is -0.128. The summed E-state index contributed by atoms with van der Waals surface area (Å²) in [6.07, 6.45) is 3.62. The minimum Gasteiger partial charge on any atom is -0.486 e. The number of amides is 1.